The predicted molar refractivity (Wildman–Crippen MR) is 90.9 cm³/mol. The van der Waals surface area contributed by atoms with Gasteiger partial charge in [0.25, 0.3) is 0 Å². The summed E-state index contributed by atoms with van der Waals surface area (Å²) in [4.78, 5) is 27.2. The maximum Gasteiger partial charge on any atom is 0.235 e. The Morgan fingerprint density at radius 2 is 1.58 bits per heavy atom. The Labute approximate surface area is 141 Å². The second kappa shape index (κ2) is 4.95. The summed E-state index contributed by atoms with van der Waals surface area (Å²) in [6.45, 7) is 2.41. The molecule has 0 unspecified atom stereocenters. The minimum atomic E-state index is -0.0967. The second-order valence-corrected chi connectivity index (χ2v) is 7.64. The molecule has 0 radical (unpaired) electrons. The number of imide groups is 1. The first-order chi connectivity index (χ1) is 11.7. The van der Waals surface area contributed by atoms with E-state index < -0.39 is 0 Å². The molecule has 2 bridgehead atoms. The highest BCUT2D eigenvalue weighted by molar-refractivity contribution is 6.06. The van der Waals surface area contributed by atoms with Crippen molar-refractivity contribution in [1.29, 1.82) is 0 Å². The average molecular weight is 322 g/mol. The number of anilines is 1. The summed E-state index contributed by atoms with van der Waals surface area (Å²) >= 11 is 0. The number of aryl methyl sites for hydroxylation is 1. The van der Waals surface area contributed by atoms with Crippen LogP contribution in [0, 0.1) is 35.5 Å². The van der Waals surface area contributed by atoms with Crippen molar-refractivity contribution in [2.24, 2.45) is 35.5 Å². The van der Waals surface area contributed by atoms with Crippen molar-refractivity contribution in [1.82, 2.24) is 4.90 Å². The standard InChI is InChI=1S/C20H22N2O2/c1-2-11-3-5-12(6-4-11)21-10-22-19(23)17-13-7-8-14(16-9-15(13)16)18(17)20(22)24/h3-8,13-18,21H,2,9-10H2,1H3/t13-,14-,15-,16-,17+,18+/m1/s1. The van der Waals surface area contributed by atoms with Gasteiger partial charge in [0.15, 0.2) is 0 Å². The Morgan fingerprint density at radius 3 is 2.12 bits per heavy atom. The summed E-state index contributed by atoms with van der Waals surface area (Å²) in [5.74, 6) is 1.80. The van der Waals surface area contributed by atoms with Crippen molar-refractivity contribution >= 4 is 17.5 Å². The van der Waals surface area contributed by atoms with Crippen molar-refractivity contribution < 1.29 is 9.59 Å². The van der Waals surface area contributed by atoms with Crippen molar-refractivity contribution in [2.45, 2.75) is 19.8 Å². The molecule has 4 aliphatic carbocycles. The summed E-state index contributed by atoms with van der Waals surface area (Å²) < 4.78 is 0. The molecular formula is C20H22N2O2. The van der Waals surface area contributed by atoms with Gasteiger partial charge in [-0.1, -0.05) is 31.2 Å². The molecule has 2 saturated carbocycles. The fourth-order valence-corrected chi connectivity index (χ4v) is 5.20. The SMILES string of the molecule is CCc1ccc(NCN2C(=O)[C@H]3[C@@H]4C=C[C@H]([C@H]5C[C@H]45)[C@@H]3C2=O)cc1. The summed E-state index contributed by atoms with van der Waals surface area (Å²) in [5.41, 5.74) is 2.23. The number of carbonyl (C=O) groups is 2. The van der Waals surface area contributed by atoms with Gasteiger partial charge in [-0.2, -0.15) is 0 Å². The quantitative estimate of drug-likeness (QED) is 0.685. The molecule has 6 atom stereocenters. The van der Waals surface area contributed by atoms with E-state index in [1.807, 2.05) is 12.1 Å². The van der Waals surface area contributed by atoms with E-state index in [4.69, 9.17) is 0 Å². The van der Waals surface area contributed by atoms with Gasteiger partial charge >= 0.3 is 0 Å². The first kappa shape index (κ1) is 14.3. The molecule has 2 amide bonds. The third-order valence-electron chi connectivity index (χ3n) is 6.56. The third-order valence-corrected chi connectivity index (χ3v) is 6.56. The molecule has 4 heteroatoms. The molecule has 1 aliphatic heterocycles. The molecule has 124 valence electrons. The molecule has 1 aromatic carbocycles. The van der Waals surface area contributed by atoms with E-state index >= 15 is 0 Å². The van der Waals surface area contributed by atoms with E-state index in [0.29, 0.717) is 23.7 Å². The number of hydrogen-bond acceptors (Lipinski definition) is 3. The number of benzene rings is 1. The van der Waals surface area contributed by atoms with Crippen LogP contribution in [0.1, 0.15) is 18.9 Å². The van der Waals surface area contributed by atoms with Crippen LogP contribution < -0.4 is 5.32 Å². The Kier molecular flexibility index (Phi) is 2.94. The number of allylic oxidation sites excluding steroid dienone is 2. The number of amides is 2. The van der Waals surface area contributed by atoms with Crippen LogP contribution in [0.15, 0.2) is 36.4 Å². The number of nitrogens with zero attached hydrogens (tertiary/aromatic N) is 1. The Morgan fingerprint density at radius 1 is 1.00 bits per heavy atom. The lowest BCUT2D eigenvalue weighted by molar-refractivity contribution is -0.139. The van der Waals surface area contributed by atoms with Gasteiger partial charge < -0.3 is 5.32 Å². The fraction of sp³-hybridized carbons (Fsp3) is 0.500. The van der Waals surface area contributed by atoms with Gasteiger partial charge in [-0.25, -0.2) is 0 Å². The van der Waals surface area contributed by atoms with Gasteiger partial charge in [0.05, 0.1) is 18.5 Å². The minimum Gasteiger partial charge on any atom is -0.367 e. The van der Waals surface area contributed by atoms with E-state index in [0.717, 1.165) is 12.1 Å². The number of carbonyl (C=O) groups excluding carboxylic acids is 2. The molecular weight excluding hydrogens is 300 g/mol. The molecule has 1 aromatic rings. The highest BCUT2D eigenvalue weighted by atomic mass is 16.2. The molecule has 0 spiro atoms. The van der Waals surface area contributed by atoms with Crippen LogP contribution in [0.2, 0.25) is 0 Å². The molecule has 5 aliphatic rings. The van der Waals surface area contributed by atoms with Gasteiger partial charge in [0.2, 0.25) is 11.8 Å². The van der Waals surface area contributed by atoms with Crippen LogP contribution >= 0.6 is 0 Å². The van der Waals surface area contributed by atoms with Crippen LogP contribution in [0.4, 0.5) is 5.69 Å². The van der Waals surface area contributed by atoms with Gasteiger partial charge in [-0.05, 0) is 54.2 Å². The molecule has 1 heterocycles. The van der Waals surface area contributed by atoms with Crippen molar-refractivity contribution in [2.75, 3.05) is 12.0 Å². The average Bonchev–Trinajstić information content (AvgIpc) is 3.39. The van der Waals surface area contributed by atoms with Gasteiger partial charge in [-0.3, -0.25) is 14.5 Å². The third kappa shape index (κ3) is 1.86. The maximum absolute atomic E-state index is 12.9. The molecule has 3 fully saturated rings. The maximum atomic E-state index is 12.9. The van der Waals surface area contributed by atoms with Crippen LogP contribution in [0.25, 0.3) is 0 Å². The first-order valence-electron chi connectivity index (χ1n) is 9.05. The van der Waals surface area contributed by atoms with E-state index in [9.17, 15) is 9.59 Å². The van der Waals surface area contributed by atoms with Crippen molar-refractivity contribution in [3.8, 4) is 0 Å². The van der Waals surface area contributed by atoms with Crippen LogP contribution in [-0.2, 0) is 16.0 Å². The Hall–Kier alpha value is -2.10. The molecule has 0 aromatic heterocycles. The lowest BCUT2D eigenvalue weighted by atomic mass is 9.63. The fourth-order valence-electron chi connectivity index (χ4n) is 5.20. The van der Waals surface area contributed by atoms with E-state index in [2.05, 4.69) is 36.5 Å². The van der Waals surface area contributed by atoms with Gasteiger partial charge in [0.1, 0.15) is 0 Å². The number of rotatable bonds is 4. The summed E-state index contributed by atoms with van der Waals surface area (Å²) in [6, 6.07) is 8.18. The summed E-state index contributed by atoms with van der Waals surface area (Å²) in [6.07, 6.45) is 6.64. The van der Waals surface area contributed by atoms with Crippen LogP contribution in [0.3, 0.4) is 0 Å². The molecule has 1 N–H and O–H groups in total. The second-order valence-electron chi connectivity index (χ2n) is 7.64. The topological polar surface area (TPSA) is 49.4 Å². The zero-order valence-corrected chi connectivity index (χ0v) is 13.8. The lowest BCUT2D eigenvalue weighted by Crippen LogP contribution is -2.40. The zero-order chi connectivity index (χ0) is 16.4. The highest BCUT2D eigenvalue weighted by Crippen LogP contribution is 2.65. The lowest BCUT2D eigenvalue weighted by Gasteiger charge is -2.37. The smallest absolute Gasteiger partial charge is 0.235 e. The van der Waals surface area contributed by atoms with Crippen LogP contribution in [-0.4, -0.2) is 23.4 Å². The van der Waals surface area contributed by atoms with Crippen molar-refractivity contribution in [3.63, 3.8) is 0 Å². The number of likely N-dealkylation sites (tertiary alicyclic amines) is 1. The monoisotopic (exact) mass is 322 g/mol. The predicted octanol–water partition coefficient (Wildman–Crippen LogP) is 2.67. The van der Waals surface area contributed by atoms with Gasteiger partial charge in [-0.15, -0.1) is 0 Å². The van der Waals surface area contributed by atoms with E-state index in [1.165, 1.54) is 16.9 Å². The Bertz CT molecular complexity index is 703. The normalized spacial score (nSPS) is 38.3. The minimum absolute atomic E-state index is 0.0346. The first-order valence-corrected chi connectivity index (χ1v) is 9.05. The summed E-state index contributed by atoms with van der Waals surface area (Å²) in [7, 11) is 0. The van der Waals surface area contributed by atoms with E-state index in [-0.39, 0.29) is 30.3 Å². The number of hydrogen-bond donors (Lipinski definition) is 1. The molecule has 24 heavy (non-hydrogen) atoms. The highest BCUT2D eigenvalue weighted by Gasteiger charge is 2.66. The largest absolute Gasteiger partial charge is 0.367 e. The zero-order valence-electron chi connectivity index (χ0n) is 13.8. The van der Waals surface area contributed by atoms with Crippen LogP contribution in [0.5, 0.6) is 0 Å². The molecule has 1 saturated heterocycles. The summed E-state index contributed by atoms with van der Waals surface area (Å²) in [5, 5.41) is 3.24. The van der Waals surface area contributed by atoms with E-state index in [1.54, 1.807) is 0 Å². The van der Waals surface area contributed by atoms with Crippen molar-refractivity contribution in [3.05, 3.63) is 42.0 Å². The van der Waals surface area contributed by atoms with Gasteiger partial charge in [0, 0.05) is 5.69 Å². The molecule has 4 nitrogen and oxygen atoms in total. The number of nitrogens with one attached hydrogen (secondary N) is 1. The molecule has 6 rings (SSSR count). The Balaban J connectivity index is 1.33.